The summed E-state index contributed by atoms with van der Waals surface area (Å²) in [6, 6.07) is 0.486. The van der Waals surface area contributed by atoms with Crippen LogP contribution in [0.5, 0.6) is 0 Å². The largest absolute Gasteiger partial charge is 0.478 e. The zero-order valence-electron chi connectivity index (χ0n) is 19.2. The summed E-state index contributed by atoms with van der Waals surface area (Å²) in [4.78, 5) is 39.8. The summed E-state index contributed by atoms with van der Waals surface area (Å²) in [5, 5.41) is 11.5. The lowest BCUT2D eigenvalue weighted by atomic mass is 10.0. The Kier molecular flexibility index (Phi) is 7.44. The first-order chi connectivity index (χ1) is 15.4. The monoisotopic (exact) mass is 467 g/mol. The minimum Gasteiger partial charge on any atom is -0.478 e. The molecule has 1 heterocycles. The Labute approximate surface area is 191 Å². The van der Waals surface area contributed by atoms with Gasteiger partial charge in [0.15, 0.2) is 0 Å². The van der Waals surface area contributed by atoms with Crippen LogP contribution < -0.4 is 5.32 Å². The first kappa shape index (κ1) is 24.7. The summed E-state index contributed by atoms with van der Waals surface area (Å²) in [5.41, 5.74) is -1.71. The first-order valence-electron chi connectivity index (χ1n) is 11.2. The lowest BCUT2D eigenvalue weighted by Crippen LogP contribution is -2.51. The molecule has 0 atom stereocenters. The molecule has 2 fully saturated rings. The maximum absolute atomic E-state index is 14.2. The second kappa shape index (κ2) is 9.93. The summed E-state index contributed by atoms with van der Waals surface area (Å²) in [7, 11) is 0. The lowest BCUT2D eigenvalue weighted by Gasteiger charge is -2.39. The van der Waals surface area contributed by atoms with E-state index in [1.165, 1.54) is 0 Å². The lowest BCUT2D eigenvalue weighted by molar-refractivity contribution is 0.0165. The van der Waals surface area contributed by atoms with E-state index < -0.39 is 40.9 Å². The molecular weight excluding hydrogens is 436 g/mol. The Morgan fingerprint density at radius 2 is 1.76 bits per heavy atom. The fraction of sp³-hybridized carbons (Fsp3) is 0.609. The number of nitrogens with one attached hydrogen (secondary N) is 1. The highest BCUT2D eigenvalue weighted by Gasteiger charge is 2.33. The number of rotatable bonds is 6. The number of aromatic carboxylic acids is 1. The Bertz CT molecular complexity index is 906. The van der Waals surface area contributed by atoms with Gasteiger partial charge in [0.05, 0.1) is 11.3 Å². The smallest absolute Gasteiger partial charge is 0.410 e. The van der Waals surface area contributed by atoms with Gasteiger partial charge in [0.1, 0.15) is 17.2 Å². The van der Waals surface area contributed by atoms with Crippen LogP contribution in [0.4, 0.5) is 24.1 Å². The van der Waals surface area contributed by atoms with Crippen LogP contribution in [0.3, 0.4) is 0 Å². The molecule has 0 bridgehead atoms. The summed E-state index contributed by atoms with van der Waals surface area (Å²) in [6.07, 6.45) is 3.70. The number of nitrogens with zero attached hydrogens (tertiary/aromatic N) is 2. The number of urea groups is 1. The van der Waals surface area contributed by atoms with Crippen molar-refractivity contribution in [1.29, 1.82) is 0 Å². The average Bonchev–Trinajstić information content (AvgIpc) is 3.53. The van der Waals surface area contributed by atoms with E-state index in [0.29, 0.717) is 44.5 Å². The van der Waals surface area contributed by atoms with E-state index >= 15 is 0 Å². The number of hydrogen-bond donors (Lipinski definition) is 2. The highest BCUT2D eigenvalue weighted by atomic mass is 19.1. The number of carboxylic acids is 1. The van der Waals surface area contributed by atoms with Crippen molar-refractivity contribution in [3.05, 3.63) is 29.3 Å². The summed E-state index contributed by atoms with van der Waals surface area (Å²) >= 11 is 0. The van der Waals surface area contributed by atoms with Crippen molar-refractivity contribution in [1.82, 2.24) is 9.80 Å². The van der Waals surface area contributed by atoms with Gasteiger partial charge in [-0.1, -0.05) is 12.8 Å². The molecule has 3 amide bonds. The highest BCUT2D eigenvalue weighted by Crippen LogP contribution is 2.33. The molecule has 8 nitrogen and oxygen atoms in total. The average molecular weight is 468 g/mol. The number of halogens is 2. The van der Waals surface area contributed by atoms with E-state index in [1.54, 1.807) is 30.6 Å². The maximum Gasteiger partial charge on any atom is 0.410 e. The molecule has 10 heteroatoms. The molecule has 0 radical (unpaired) electrons. The van der Waals surface area contributed by atoms with Gasteiger partial charge < -0.3 is 25.0 Å². The number of hydrogen-bond acceptors (Lipinski definition) is 4. The Morgan fingerprint density at radius 1 is 1.12 bits per heavy atom. The van der Waals surface area contributed by atoms with Gasteiger partial charge in [-0.05, 0) is 52.0 Å². The van der Waals surface area contributed by atoms with Gasteiger partial charge in [-0.3, -0.25) is 0 Å². The van der Waals surface area contributed by atoms with E-state index in [-0.39, 0.29) is 11.7 Å². The molecule has 0 aromatic heterocycles. The molecule has 182 valence electrons. The number of piperidine rings is 1. The van der Waals surface area contributed by atoms with Crippen molar-refractivity contribution in [2.75, 3.05) is 25.0 Å². The van der Waals surface area contributed by atoms with Crippen LogP contribution in [0, 0.1) is 17.6 Å². The summed E-state index contributed by atoms with van der Waals surface area (Å²) in [5.74, 6) is -3.25. The molecular formula is C23H31F2N3O5. The van der Waals surface area contributed by atoms with E-state index in [0.717, 1.165) is 25.3 Å². The van der Waals surface area contributed by atoms with Crippen molar-refractivity contribution in [3.63, 3.8) is 0 Å². The number of carbonyl (C=O) groups excluding carboxylic acids is 2. The minimum absolute atomic E-state index is 0.176. The van der Waals surface area contributed by atoms with Crippen molar-refractivity contribution in [3.8, 4) is 0 Å². The van der Waals surface area contributed by atoms with Gasteiger partial charge in [-0.2, -0.15) is 0 Å². The quantitative estimate of drug-likeness (QED) is 0.632. The molecule has 1 aromatic rings. The topological polar surface area (TPSA) is 99.2 Å². The molecule has 0 unspecified atom stereocenters. The van der Waals surface area contributed by atoms with Crippen molar-refractivity contribution in [2.24, 2.45) is 5.92 Å². The minimum atomic E-state index is -1.55. The Hall–Kier alpha value is -2.91. The van der Waals surface area contributed by atoms with Crippen molar-refractivity contribution >= 4 is 23.8 Å². The zero-order valence-corrected chi connectivity index (χ0v) is 19.2. The molecule has 1 saturated carbocycles. The number of anilines is 1. The van der Waals surface area contributed by atoms with Gasteiger partial charge in [-0.25, -0.2) is 23.2 Å². The van der Waals surface area contributed by atoms with Crippen LogP contribution >= 0.6 is 0 Å². The van der Waals surface area contributed by atoms with Crippen LogP contribution in [0.1, 0.15) is 63.2 Å². The standard InChI is InChI=1S/C23H31F2N3O5/c1-23(2,3)33-22(32)27-9-7-15(8-10-27)28(11-6-14-4-5-14)21(31)26-19-12-16(20(29)30)17(24)13-18(19)25/h12-15H,4-11H2,1-3H3,(H,26,31)(H,29,30). The second-order valence-electron chi connectivity index (χ2n) is 9.67. The molecule has 33 heavy (non-hydrogen) atoms. The van der Waals surface area contributed by atoms with Crippen LogP contribution in [0.15, 0.2) is 12.1 Å². The SMILES string of the molecule is CC(C)(C)OC(=O)N1CCC(N(CCC2CC2)C(=O)Nc2cc(C(=O)O)c(F)cc2F)CC1. The number of carbonyl (C=O) groups is 3. The van der Waals surface area contributed by atoms with Crippen molar-refractivity contribution in [2.45, 2.75) is 64.5 Å². The summed E-state index contributed by atoms with van der Waals surface area (Å²) < 4.78 is 33.4. The van der Waals surface area contributed by atoms with Gasteiger partial charge in [0, 0.05) is 31.7 Å². The van der Waals surface area contributed by atoms with Gasteiger partial charge in [-0.15, -0.1) is 0 Å². The third kappa shape index (κ3) is 6.79. The number of carboxylic acid groups (broad SMARTS) is 1. The zero-order chi connectivity index (χ0) is 24.3. The van der Waals surface area contributed by atoms with Gasteiger partial charge >= 0.3 is 18.1 Å². The van der Waals surface area contributed by atoms with E-state index in [4.69, 9.17) is 9.84 Å². The number of benzene rings is 1. The number of likely N-dealkylation sites (tertiary alicyclic amines) is 1. The molecule has 3 rings (SSSR count). The number of ether oxygens (including phenoxy) is 1. The van der Waals surface area contributed by atoms with Crippen LogP contribution in [0.2, 0.25) is 0 Å². The third-order valence-electron chi connectivity index (χ3n) is 5.82. The first-order valence-corrected chi connectivity index (χ1v) is 11.2. The van der Waals surface area contributed by atoms with Crippen LogP contribution in [-0.4, -0.2) is 64.3 Å². The normalized spacial score (nSPS) is 16.9. The van der Waals surface area contributed by atoms with E-state index in [9.17, 15) is 23.2 Å². The highest BCUT2D eigenvalue weighted by molar-refractivity contribution is 5.93. The fourth-order valence-corrected chi connectivity index (χ4v) is 3.86. The Balaban J connectivity index is 1.69. The fourth-order valence-electron chi connectivity index (χ4n) is 3.86. The second-order valence-corrected chi connectivity index (χ2v) is 9.67. The van der Waals surface area contributed by atoms with E-state index in [1.807, 2.05) is 0 Å². The molecule has 2 N–H and O–H groups in total. The number of amides is 3. The van der Waals surface area contributed by atoms with Gasteiger partial charge in [0.25, 0.3) is 0 Å². The maximum atomic E-state index is 14.2. The third-order valence-corrected chi connectivity index (χ3v) is 5.82. The molecule has 2 aliphatic rings. The molecule has 1 aliphatic carbocycles. The molecule has 1 aromatic carbocycles. The van der Waals surface area contributed by atoms with Gasteiger partial charge in [0.2, 0.25) is 0 Å². The molecule has 1 aliphatic heterocycles. The van der Waals surface area contributed by atoms with Crippen molar-refractivity contribution < 1.29 is 33.0 Å². The Morgan fingerprint density at radius 3 is 2.30 bits per heavy atom. The molecule has 0 spiro atoms. The van der Waals surface area contributed by atoms with E-state index in [2.05, 4.69) is 5.32 Å². The molecule has 1 saturated heterocycles. The predicted octanol–water partition coefficient (Wildman–Crippen LogP) is 4.70. The van der Waals surface area contributed by atoms with Crippen LogP contribution in [-0.2, 0) is 4.74 Å². The summed E-state index contributed by atoms with van der Waals surface area (Å²) in [6.45, 7) is 6.69. The van der Waals surface area contributed by atoms with Crippen LogP contribution in [0.25, 0.3) is 0 Å². The predicted molar refractivity (Wildman–Crippen MR) is 117 cm³/mol.